The maximum absolute atomic E-state index is 11.5. The zero-order valence-corrected chi connectivity index (χ0v) is 13.5. The van der Waals surface area contributed by atoms with Crippen LogP contribution in [-0.4, -0.2) is 32.8 Å². The fourth-order valence-corrected chi connectivity index (χ4v) is 3.06. The largest absolute Gasteiger partial charge is 0.497 e. The second kappa shape index (κ2) is 7.42. The SMILES string of the molecule is CCCS(=O)(=O)NCCc1coc(-c2ccc(OC)cc2)n1. The van der Waals surface area contributed by atoms with E-state index in [4.69, 9.17) is 9.15 Å². The molecular weight excluding hydrogens is 304 g/mol. The van der Waals surface area contributed by atoms with Gasteiger partial charge in [0.25, 0.3) is 0 Å². The van der Waals surface area contributed by atoms with Gasteiger partial charge in [0, 0.05) is 18.5 Å². The molecule has 0 atom stereocenters. The topological polar surface area (TPSA) is 81.4 Å². The fraction of sp³-hybridized carbons (Fsp3) is 0.400. The Morgan fingerprint density at radius 1 is 1.27 bits per heavy atom. The molecule has 0 unspecified atom stereocenters. The molecule has 0 aliphatic rings. The van der Waals surface area contributed by atoms with Crippen molar-refractivity contribution in [1.82, 2.24) is 9.71 Å². The highest BCUT2D eigenvalue weighted by atomic mass is 32.2. The highest BCUT2D eigenvalue weighted by Crippen LogP contribution is 2.21. The van der Waals surface area contributed by atoms with E-state index in [1.54, 1.807) is 13.4 Å². The molecule has 6 nitrogen and oxygen atoms in total. The van der Waals surface area contributed by atoms with Gasteiger partial charge in [0.15, 0.2) is 0 Å². The molecule has 7 heteroatoms. The maximum atomic E-state index is 11.5. The zero-order chi connectivity index (χ0) is 16.0. The number of aromatic nitrogens is 1. The molecule has 0 amide bonds. The summed E-state index contributed by atoms with van der Waals surface area (Å²) in [6, 6.07) is 7.38. The third kappa shape index (κ3) is 4.57. The standard InChI is InChI=1S/C15H20N2O4S/c1-3-10-22(18,19)16-9-8-13-11-21-15(17-13)12-4-6-14(20-2)7-5-12/h4-7,11,16H,3,8-10H2,1-2H3. The van der Waals surface area contributed by atoms with E-state index in [0.29, 0.717) is 31.0 Å². The highest BCUT2D eigenvalue weighted by Gasteiger charge is 2.10. The molecule has 2 rings (SSSR count). The van der Waals surface area contributed by atoms with Crippen LogP contribution in [0.5, 0.6) is 5.75 Å². The minimum atomic E-state index is -3.18. The van der Waals surface area contributed by atoms with Gasteiger partial charge < -0.3 is 9.15 Å². The van der Waals surface area contributed by atoms with Gasteiger partial charge in [0.1, 0.15) is 12.0 Å². The third-order valence-electron chi connectivity index (χ3n) is 3.06. The molecule has 1 aromatic heterocycles. The molecule has 1 heterocycles. The summed E-state index contributed by atoms with van der Waals surface area (Å²) in [5.41, 5.74) is 1.56. The van der Waals surface area contributed by atoms with Crippen LogP contribution in [0.15, 0.2) is 34.9 Å². The van der Waals surface area contributed by atoms with Gasteiger partial charge in [0.05, 0.1) is 18.6 Å². The molecule has 0 spiro atoms. The first kappa shape index (κ1) is 16.5. The van der Waals surface area contributed by atoms with Gasteiger partial charge in [-0.1, -0.05) is 6.92 Å². The van der Waals surface area contributed by atoms with Gasteiger partial charge in [-0.05, 0) is 30.7 Å². The number of nitrogens with zero attached hydrogens (tertiary/aromatic N) is 1. The van der Waals surface area contributed by atoms with Crippen LogP contribution in [0.25, 0.3) is 11.5 Å². The summed E-state index contributed by atoms with van der Waals surface area (Å²) in [6.07, 6.45) is 2.64. The molecule has 0 aliphatic carbocycles. The van der Waals surface area contributed by atoms with Crippen LogP contribution in [0.2, 0.25) is 0 Å². The number of oxazole rings is 1. The third-order valence-corrected chi connectivity index (χ3v) is 4.65. The van der Waals surface area contributed by atoms with Gasteiger partial charge in [-0.15, -0.1) is 0 Å². The maximum Gasteiger partial charge on any atom is 0.226 e. The lowest BCUT2D eigenvalue weighted by Gasteiger charge is -2.03. The number of nitrogens with one attached hydrogen (secondary N) is 1. The monoisotopic (exact) mass is 324 g/mol. The van der Waals surface area contributed by atoms with Gasteiger partial charge in [-0.25, -0.2) is 18.1 Å². The van der Waals surface area contributed by atoms with E-state index in [-0.39, 0.29) is 5.75 Å². The Labute approximate surface area is 130 Å². The van der Waals surface area contributed by atoms with Crippen molar-refractivity contribution in [3.8, 4) is 17.2 Å². The summed E-state index contributed by atoms with van der Waals surface area (Å²) in [6.45, 7) is 2.15. The predicted molar refractivity (Wildman–Crippen MR) is 84.3 cm³/mol. The van der Waals surface area contributed by atoms with E-state index in [0.717, 1.165) is 11.3 Å². The van der Waals surface area contributed by atoms with Crippen LogP contribution in [0.4, 0.5) is 0 Å². The normalized spacial score (nSPS) is 11.5. The Bertz CT molecular complexity index is 693. The van der Waals surface area contributed by atoms with Crippen molar-refractivity contribution < 1.29 is 17.6 Å². The number of benzene rings is 1. The first-order chi connectivity index (χ1) is 10.5. The highest BCUT2D eigenvalue weighted by molar-refractivity contribution is 7.89. The predicted octanol–water partition coefficient (Wildman–Crippen LogP) is 2.22. The molecule has 120 valence electrons. The van der Waals surface area contributed by atoms with Crippen LogP contribution < -0.4 is 9.46 Å². The van der Waals surface area contributed by atoms with Crippen LogP contribution in [0, 0.1) is 0 Å². The number of sulfonamides is 1. The molecule has 0 bridgehead atoms. The van der Waals surface area contributed by atoms with Crippen molar-refractivity contribution in [2.75, 3.05) is 19.4 Å². The van der Waals surface area contributed by atoms with Crippen LogP contribution in [-0.2, 0) is 16.4 Å². The lowest BCUT2D eigenvalue weighted by Crippen LogP contribution is -2.28. The summed E-state index contributed by atoms with van der Waals surface area (Å²) in [5, 5.41) is 0. The van der Waals surface area contributed by atoms with Crippen LogP contribution >= 0.6 is 0 Å². The molecule has 2 aromatic rings. The summed E-state index contributed by atoms with van der Waals surface area (Å²) >= 11 is 0. The molecule has 0 aliphatic heterocycles. The van der Waals surface area contributed by atoms with Crippen molar-refractivity contribution in [3.05, 3.63) is 36.2 Å². The molecule has 22 heavy (non-hydrogen) atoms. The minimum absolute atomic E-state index is 0.142. The van der Waals surface area contributed by atoms with Crippen molar-refractivity contribution in [2.45, 2.75) is 19.8 Å². The average Bonchev–Trinajstić information content (AvgIpc) is 2.96. The lowest BCUT2D eigenvalue weighted by atomic mass is 10.2. The van der Waals surface area contributed by atoms with E-state index < -0.39 is 10.0 Å². The lowest BCUT2D eigenvalue weighted by molar-refractivity contribution is 0.415. The van der Waals surface area contributed by atoms with E-state index >= 15 is 0 Å². The Kier molecular flexibility index (Phi) is 5.57. The van der Waals surface area contributed by atoms with Gasteiger partial charge in [0.2, 0.25) is 15.9 Å². The Hall–Kier alpha value is -1.86. The van der Waals surface area contributed by atoms with E-state index in [1.165, 1.54) is 0 Å². The molecule has 0 saturated heterocycles. The smallest absolute Gasteiger partial charge is 0.226 e. The first-order valence-electron chi connectivity index (χ1n) is 7.10. The molecule has 0 fully saturated rings. The number of ether oxygens (including phenoxy) is 1. The van der Waals surface area contributed by atoms with Crippen molar-refractivity contribution in [2.24, 2.45) is 0 Å². The van der Waals surface area contributed by atoms with E-state index in [2.05, 4.69) is 9.71 Å². The Balaban J connectivity index is 1.93. The molecule has 1 N–H and O–H groups in total. The van der Waals surface area contributed by atoms with Crippen LogP contribution in [0.3, 0.4) is 0 Å². The number of rotatable bonds is 8. The first-order valence-corrected chi connectivity index (χ1v) is 8.75. The summed E-state index contributed by atoms with van der Waals surface area (Å²) < 4.78 is 36.2. The molecule has 1 aromatic carbocycles. The molecular formula is C15H20N2O4S. The number of methoxy groups -OCH3 is 1. The van der Waals surface area contributed by atoms with Gasteiger partial charge >= 0.3 is 0 Å². The zero-order valence-electron chi connectivity index (χ0n) is 12.7. The summed E-state index contributed by atoms with van der Waals surface area (Å²) in [4.78, 5) is 4.36. The Morgan fingerprint density at radius 3 is 2.64 bits per heavy atom. The second-order valence-corrected chi connectivity index (χ2v) is 6.76. The Morgan fingerprint density at radius 2 is 2.00 bits per heavy atom. The molecule has 0 radical (unpaired) electrons. The van der Waals surface area contributed by atoms with E-state index in [9.17, 15) is 8.42 Å². The van der Waals surface area contributed by atoms with Gasteiger partial charge in [-0.2, -0.15) is 0 Å². The van der Waals surface area contributed by atoms with Crippen molar-refractivity contribution in [3.63, 3.8) is 0 Å². The van der Waals surface area contributed by atoms with Crippen molar-refractivity contribution in [1.29, 1.82) is 0 Å². The van der Waals surface area contributed by atoms with Crippen LogP contribution in [0.1, 0.15) is 19.0 Å². The van der Waals surface area contributed by atoms with E-state index in [1.807, 2.05) is 31.2 Å². The average molecular weight is 324 g/mol. The summed E-state index contributed by atoms with van der Waals surface area (Å²) in [5.74, 6) is 1.41. The number of hydrogen-bond acceptors (Lipinski definition) is 5. The molecule has 0 saturated carbocycles. The summed E-state index contributed by atoms with van der Waals surface area (Å²) in [7, 11) is -1.57. The minimum Gasteiger partial charge on any atom is -0.497 e. The second-order valence-electron chi connectivity index (χ2n) is 4.84. The quantitative estimate of drug-likeness (QED) is 0.805. The van der Waals surface area contributed by atoms with Crippen molar-refractivity contribution >= 4 is 10.0 Å². The van der Waals surface area contributed by atoms with Gasteiger partial charge in [-0.3, -0.25) is 0 Å². The number of hydrogen-bond donors (Lipinski definition) is 1. The fourth-order valence-electron chi connectivity index (χ4n) is 1.96.